The summed E-state index contributed by atoms with van der Waals surface area (Å²) in [5.41, 5.74) is 5.28. The van der Waals surface area contributed by atoms with E-state index in [1.807, 2.05) is 39.0 Å². The van der Waals surface area contributed by atoms with Gasteiger partial charge in [-0.1, -0.05) is 236 Å². The topological polar surface area (TPSA) is 0 Å². The van der Waals surface area contributed by atoms with Gasteiger partial charge in [0.05, 0.1) is 5.41 Å². The minimum absolute atomic E-state index is 0.269. The van der Waals surface area contributed by atoms with E-state index in [4.69, 9.17) is 0 Å². The van der Waals surface area contributed by atoms with Gasteiger partial charge in [0.2, 0.25) is 0 Å². The summed E-state index contributed by atoms with van der Waals surface area (Å²) in [5.74, 6) is -6.50. The number of benzene rings is 4. The molecule has 6 heteroatoms. The molecule has 0 aliphatic heterocycles. The lowest BCUT2D eigenvalue weighted by Gasteiger charge is -2.40. The van der Waals surface area contributed by atoms with E-state index < -0.39 is 43.4 Å². The van der Waals surface area contributed by atoms with Crippen molar-refractivity contribution < 1.29 is 22.0 Å². The zero-order valence-corrected chi connectivity index (χ0v) is 41.4. The molecular weight excluding hydrogens is 835 g/mol. The molecule has 0 heterocycles. The molecule has 0 nitrogen and oxygen atoms in total. The van der Waals surface area contributed by atoms with Gasteiger partial charge in [-0.2, -0.15) is 0 Å². The Kier molecular flexibility index (Phi) is 22.0. The summed E-state index contributed by atoms with van der Waals surface area (Å²) in [6, 6.07) is 21.8. The van der Waals surface area contributed by atoms with Crippen LogP contribution in [0.2, 0.25) is 0 Å². The number of alkyl halides is 1. The van der Waals surface area contributed by atoms with Gasteiger partial charge in [-0.25, -0.2) is 22.0 Å². The maximum atomic E-state index is 17.7. The Bertz CT molecular complexity index is 2190. The Labute approximate surface area is 391 Å². The van der Waals surface area contributed by atoms with E-state index >= 15 is 8.78 Å². The fraction of sp³-hybridized carbons (Fsp3) is 0.525. The Morgan fingerprint density at radius 3 is 1.72 bits per heavy atom. The third-order valence-corrected chi connectivity index (χ3v) is 15.0. The predicted molar refractivity (Wildman–Crippen MR) is 272 cm³/mol. The van der Waals surface area contributed by atoms with E-state index in [1.165, 1.54) is 108 Å². The summed E-state index contributed by atoms with van der Waals surface area (Å²) in [4.78, 5) is 0. The van der Waals surface area contributed by atoms with Gasteiger partial charge in [0, 0.05) is 5.30 Å². The van der Waals surface area contributed by atoms with Gasteiger partial charge < -0.3 is 0 Å². The summed E-state index contributed by atoms with van der Waals surface area (Å²) in [7, 11) is -0.588. The second-order valence-corrected chi connectivity index (χ2v) is 20.6. The maximum Gasteiger partial charge on any atom is 0.198 e. The number of halogens is 5. The molecule has 5 rings (SSSR count). The molecule has 0 saturated carbocycles. The minimum Gasteiger partial charge on any atom is -0.242 e. The summed E-state index contributed by atoms with van der Waals surface area (Å²) < 4.78 is 77.6. The molecule has 0 saturated heterocycles. The SMILES string of the molecule is CCCCCCCCCCCCCCCCC(F)C(=C(C)C)/C(=C(/C)Pc1cc(F)c(F)c(F)c1F)C1(c2c(CCCCCCCCCC)ccc3ccccc23)C=Cc2ccccc21. The Morgan fingerprint density at radius 2 is 1.12 bits per heavy atom. The van der Waals surface area contributed by atoms with Crippen LogP contribution in [0, 0.1) is 23.3 Å². The zero-order chi connectivity index (χ0) is 46.6. The Morgan fingerprint density at radius 1 is 0.585 bits per heavy atom. The van der Waals surface area contributed by atoms with E-state index in [0.717, 1.165) is 84.0 Å². The molecule has 3 unspecified atom stereocenters. The highest BCUT2D eigenvalue weighted by molar-refractivity contribution is 7.51. The average molecular weight is 913 g/mol. The molecule has 0 aromatic heterocycles. The van der Waals surface area contributed by atoms with Gasteiger partial charge in [0.25, 0.3) is 0 Å². The highest BCUT2D eigenvalue weighted by Crippen LogP contribution is 2.56. The third kappa shape index (κ3) is 14.0. The molecule has 0 N–H and O–H groups in total. The quantitative estimate of drug-likeness (QED) is 0.0122. The van der Waals surface area contributed by atoms with Crippen molar-refractivity contribution in [1.29, 1.82) is 0 Å². The number of hydrogen-bond donors (Lipinski definition) is 0. The lowest BCUT2D eigenvalue weighted by Crippen LogP contribution is -2.33. The van der Waals surface area contributed by atoms with Gasteiger partial charge in [-0.3, -0.25) is 0 Å². The summed E-state index contributed by atoms with van der Waals surface area (Å²) in [5, 5.41) is 2.46. The molecule has 0 amide bonds. The van der Waals surface area contributed by atoms with E-state index in [9.17, 15) is 13.2 Å². The van der Waals surface area contributed by atoms with Crippen molar-refractivity contribution in [1.82, 2.24) is 0 Å². The third-order valence-electron chi connectivity index (χ3n) is 13.7. The second-order valence-electron chi connectivity index (χ2n) is 19.0. The monoisotopic (exact) mass is 913 g/mol. The van der Waals surface area contributed by atoms with Crippen LogP contribution in [0.15, 0.2) is 94.8 Å². The van der Waals surface area contributed by atoms with Crippen LogP contribution >= 0.6 is 8.58 Å². The number of allylic oxidation sites excluding steroid dienone is 5. The second kappa shape index (κ2) is 27.3. The molecule has 1 aliphatic rings. The number of fused-ring (bicyclic) bond motifs is 2. The van der Waals surface area contributed by atoms with Crippen LogP contribution < -0.4 is 5.30 Å². The number of unbranched alkanes of at least 4 members (excludes halogenated alkanes) is 20. The van der Waals surface area contributed by atoms with Crippen molar-refractivity contribution in [2.24, 2.45) is 0 Å². The first kappa shape index (κ1) is 52.4. The molecule has 0 bridgehead atoms. The highest BCUT2D eigenvalue weighted by Gasteiger charge is 2.46. The first-order valence-corrected chi connectivity index (χ1v) is 26.5. The molecule has 4 aromatic rings. The van der Waals surface area contributed by atoms with Crippen molar-refractivity contribution in [2.45, 2.75) is 200 Å². The normalized spacial score (nSPS) is 15.6. The molecule has 0 spiro atoms. The smallest absolute Gasteiger partial charge is 0.198 e. The van der Waals surface area contributed by atoms with Gasteiger partial charge >= 0.3 is 0 Å². The van der Waals surface area contributed by atoms with Crippen LogP contribution in [0.3, 0.4) is 0 Å². The first-order chi connectivity index (χ1) is 31.6. The summed E-state index contributed by atoms with van der Waals surface area (Å²) in [6.07, 6.45) is 30.6. The van der Waals surface area contributed by atoms with Crippen molar-refractivity contribution in [3.05, 3.63) is 140 Å². The fourth-order valence-electron chi connectivity index (χ4n) is 10.3. The number of rotatable bonds is 30. The highest BCUT2D eigenvalue weighted by atomic mass is 31.1. The molecule has 354 valence electrons. The molecular formula is C59H78F5P. The van der Waals surface area contributed by atoms with E-state index in [0.29, 0.717) is 22.9 Å². The fourth-order valence-corrected chi connectivity index (χ4v) is 11.6. The number of aryl methyl sites for hydroxylation is 1. The summed E-state index contributed by atoms with van der Waals surface area (Å²) in [6.45, 7) is 10.3. The van der Waals surface area contributed by atoms with E-state index in [1.54, 1.807) is 0 Å². The average Bonchev–Trinajstić information content (AvgIpc) is 3.69. The van der Waals surface area contributed by atoms with Crippen LogP contribution in [0.5, 0.6) is 0 Å². The van der Waals surface area contributed by atoms with Crippen molar-refractivity contribution in [3.8, 4) is 0 Å². The first-order valence-electron chi connectivity index (χ1n) is 25.5. The van der Waals surface area contributed by atoms with Gasteiger partial charge in [-0.05, 0) is 95.6 Å². The van der Waals surface area contributed by atoms with Gasteiger partial charge in [0.15, 0.2) is 23.3 Å². The maximum absolute atomic E-state index is 17.7. The zero-order valence-electron chi connectivity index (χ0n) is 40.4. The number of hydrogen-bond acceptors (Lipinski definition) is 0. The molecule has 1 aliphatic carbocycles. The van der Waals surface area contributed by atoms with E-state index in [-0.39, 0.29) is 5.30 Å². The molecule has 65 heavy (non-hydrogen) atoms. The van der Waals surface area contributed by atoms with Crippen LogP contribution in [0.4, 0.5) is 22.0 Å². The molecule has 0 radical (unpaired) electrons. The summed E-state index contributed by atoms with van der Waals surface area (Å²) >= 11 is 0. The van der Waals surface area contributed by atoms with Gasteiger partial charge in [0.1, 0.15) is 6.17 Å². The predicted octanol–water partition coefficient (Wildman–Crippen LogP) is 19.2. The lowest BCUT2D eigenvalue weighted by molar-refractivity contribution is 0.345. The molecule has 0 fully saturated rings. The minimum atomic E-state index is -1.83. The standard InChI is InChI=1S/C59H78F5P/c1-6-8-10-12-14-16-17-18-19-20-21-23-25-27-37-50(60)53(43(3)4)54(44(5)65-52-42-51(61)56(62)58(64)57(52)63)59(41-40-46-33-29-31-36-49(46)59)55-47(34-26-24-22-15-13-11-9-7-2)39-38-45-32-28-30-35-48(45)55/h28-33,35-36,38-42,50,65H,6-27,34,37H2,1-5H3/b54-44+. The van der Waals surface area contributed by atoms with Crippen LogP contribution in [0.25, 0.3) is 16.8 Å². The Hall–Kier alpha value is -3.56. The molecule has 4 aromatic carbocycles. The van der Waals surface area contributed by atoms with E-state index in [2.05, 4.69) is 68.5 Å². The molecule has 3 atom stereocenters. The largest absolute Gasteiger partial charge is 0.242 e. The van der Waals surface area contributed by atoms with Crippen molar-refractivity contribution in [2.75, 3.05) is 0 Å². The lowest BCUT2D eigenvalue weighted by atomic mass is 9.64. The Balaban J connectivity index is 1.53. The van der Waals surface area contributed by atoms with Gasteiger partial charge in [-0.15, -0.1) is 0 Å². The van der Waals surface area contributed by atoms with Crippen molar-refractivity contribution >= 4 is 30.7 Å². The van der Waals surface area contributed by atoms with Crippen LogP contribution in [-0.2, 0) is 11.8 Å². The van der Waals surface area contributed by atoms with Crippen molar-refractivity contribution in [3.63, 3.8) is 0 Å². The van der Waals surface area contributed by atoms with Crippen LogP contribution in [0.1, 0.15) is 205 Å². The van der Waals surface area contributed by atoms with Crippen LogP contribution in [-0.4, -0.2) is 6.17 Å².